The van der Waals surface area contributed by atoms with Gasteiger partial charge in [-0.05, 0) is 38.1 Å². The fourth-order valence-corrected chi connectivity index (χ4v) is 3.42. The average Bonchev–Trinajstić information content (AvgIpc) is 2.63. The molecule has 1 saturated carbocycles. The summed E-state index contributed by atoms with van der Waals surface area (Å²) in [6.45, 7) is 2.43. The molecule has 3 nitrogen and oxygen atoms in total. The molecule has 2 aliphatic rings. The molecule has 2 fully saturated rings. The van der Waals surface area contributed by atoms with E-state index in [1.165, 1.54) is 32.1 Å². The lowest BCUT2D eigenvalue weighted by Crippen LogP contribution is -2.46. The van der Waals surface area contributed by atoms with Crippen LogP contribution < -0.4 is 0 Å². The van der Waals surface area contributed by atoms with Crippen LogP contribution in [0.25, 0.3) is 0 Å². The number of aliphatic hydroxyl groups excluding tert-OH is 1. The third-order valence-corrected chi connectivity index (χ3v) is 4.42. The summed E-state index contributed by atoms with van der Waals surface area (Å²) in [4.78, 5) is 2.49. The van der Waals surface area contributed by atoms with Gasteiger partial charge in [0.05, 0.1) is 12.0 Å². The van der Waals surface area contributed by atoms with Crippen molar-refractivity contribution in [2.75, 3.05) is 19.7 Å². The molecular formula is C14H24N2O. The van der Waals surface area contributed by atoms with E-state index in [9.17, 15) is 10.4 Å². The molecule has 3 unspecified atom stereocenters. The van der Waals surface area contributed by atoms with Crippen molar-refractivity contribution in [1.29, 1.82) is 5.26 Å². The molecule has 17 heavy (non-hydrogen) atoms. The van der Waals surface area contributed by atoms with Crippen molar-refractivity contribution in [3.8, 4) is 6.07 Å². The van der Waals surface area contributed by atoms with Gasteiger partial charge in [0.25, 0.3) is 0 Å². The van der Waals surface area contributed by atoms with Gasteiger partial charge in [-0.3, -0.25) is 4.90 Å². The zero-order valence-corrected chi connectivity index (χ0v) is 10.6. The van der Waals surface area contributed by atoms with Gasteiger partial charge in [-0.1, -0.05) is 19.3 Å². The Bertz CT molecular complexity index is 274. The standard InChI is InChI=1S/C14H24N2O/c15-9-13-6-2-1-3-7-14(13)16-8-4-5-12(10-16)11-17/h12-14,17H,1-8,10-11H2. The van der Waals surface area contributed by atoms with Crippen LogP contribution in [0.3, 0.4) is 0 Å². The number of hydrogen-bond acceptors (Lipinski definition) is 3. The number of aliphatic hydroxyl groups is 1. The number of nitriles is 1. The molecule has 1 saturated heterocycles. The SMILES string of the molecule is N#CC1CCCCCC1N1CCCC(CO)C1. The predicted octanol–water partition coefficient (Wildman–Crippen LogP) is 2.16. The van der Waals surface area contributed by atoms with Crippen molar-refractivity contribution in [1.82, 2.24) is 4.90 Å². The van der Waals surface area contributed by atoms with Crippen LogP contribution in [0.2, 0.25) is 0 Å². The van der Waals surface area contributed by atoms with Crippen molar-refractivity contribution < 1.29 is 5.11 Å². The minimum atomic E-state index is 0.218. The van der Waals surface area contributed by atoms with Gasteiger partial charge in [0, 0.05) is 19.2 Å². The molecule has 1 aliphatic carbocycles. The first-order chi connectivity index (χ1) is 8.35. The monoisotopic (exact) mass is 236 g/mol. The average molecular weight is 236 g/mol. The lowest BCUT2D eigenvalue weighted by atomic mass is 9.90. The number of likely N-dealkylation sites (tertiary alicyclic amines) is 1. The molecule has 0 aromatic carbocycles. The Kier molecular flexibility index (Phi) is 4.82. The van der Waals surface area contributed by atoms with Crippen LogP contribution in [-0.4, -0.2) is 35.7 Å². The maximum absolute atomic E-state index is 9.31. The molecule has 1 aliphatic heterocycles. The Morgan fingerprint density at radius 1 is 1.12 bits per heavy atom. The second-order valence-corrected chi connectivity index (χ2v) is 5.63. The molecule has 96 valence electrons. The van der Waals surface area contributed by atoms with Crippen LogP contribution in [-0.2, 0) is 0 Å². The fraction of sp³-hybridized carbons (Fsp3) is 0.929. The van der Waals surface area contributed by atoms with E-state index in [-0.39, 0.29) is 5.92 Å². The first kappa shape index (κ1) is 12.9. The smallest absolute Gasteiger partial charge is 0.0672 e. The van der Waals surface area contributed by atoms with Crippen LogP contribution in [0.15, 0.2) is 0 Å². The first-order valence-electron chi connectivity index (χ1n) is 7.09. The van der Waals surface area contributed by atoms with Gasteiger partial charge in [-0.2, -0.15) is 5.26 Å². The van der Waals surface area contributed by atoms with Crippen molar-refractivity contribution in [3.63, 3.8) is 0 Å². The van der Waals surface area contributed by atoms with Gasteiger partial charge in [0.1, 0.15) is 0 Å². The van der Waals surface area contributed by atoms with Crippen molar-refractivity contribution >= 4 is 0 Å². The summed E-state index contributed by atoms with van der Waals surface area (Å²) in [5.74, 6) is 0.654. The quantitative estimate of drug-likeness (QED) is 0.747. The zero-order chi connectivity index (χ0) is 12.1. The van der Waals surface area contributed by atoms with E-state index >= 15 is 0 Å². The molecule has 3 atom stereocenters. The third kappa shape index (κ3) is 3.20. The van der Waals surface area contributed by atoms with E-state index < -0.39 is 0 Å². The van der Waals surface area contributed by atoms with Crippen LogP contribution in [0.1, 0.15) is 44.9 Å². The highest BCUT2D eigenvalue weighted by Crippen LogP contribution is 2.30. The van der Waals surface area contributed by atoms with E-state index in [4.69, 9.17) is 0 Å². The van der Waals surface area contributed by atoms with Crippen molar-refractivity contribution in [2.24, 2.45) is 11.8 Å². The largest absolute Gasteiger partial charge is 0.396 e. The molecular weight excluding hydrogens is 212 g/mol. The van der Waals surface area contributed by atoms with Crippen LogP contribution >= 0.6 is 0 Å². The number of piperidine rings is 1. The molecule has 2 rings (SSSR count). The van der Waals surface area contributed by atoms with Gasteiger partial charge in [0.2, 0.25) is 0 Å². The molecule has 0 bridgehead atoms. The second-order valence-electron chi connectivity index (χ2n) is 5.63. The maximum atomic E-state index is 9.31. The third-order valence-electron chi connectivity index (χ3n) is 4.42. The van der Waals surface area contributed by atoms with Crippen LogP contribution in [0.5, 0.6) is 0 Å². The molecule has 0 aromatic rings. The summed E-state index contributed by atoms with van der Waals surface area (Å²) < 4.78 is 0. The summed E-state index contributed by atoms with van der Waals surface area (Å²) in [5.41, 5.74) is 0. The summed E-state index contributed by atoms with van der Waals surface area (Å²) in [6.07, 6.45) is 8.34. The Morgan fingerprint density at radius 3 is 2.71 bits per heavy atom. The normalized spacial score (nSPS) is 36.1. The summed E-state index contributed by atoms with van der Waals surface area (Å²) in [7, 11) is 0. The Morgan fingerprint density at radius 2 is 1.94 bits per heavy atom. The molecule has 0 amide bonds. The zero-order valence-electron chi connectivity index (χ0n) is 10.6. The Hall–Kier alpha value is -0.590. The predicted molar refractivity (Wildman–Crippen MR) is 67.4 cm³/mol. The summed E-state index contributed by atoms with van der Waals surface area (Å²) >= 11 is 0. The van der Waals surface area contributed by atoms with E-state index in [0.29, 0.717) is 18.6 Å². The van der Waals surface area contributed by atoms with Crippen LogP contribution in [0, 0.1) is 23.2 Å². The Balaban J connectivity index is 2.00. The summed E-state index contributed by atoms with van der Waals surface area (Å²) in [5, 5.41) is 18.6. The first-order valence-corrected chi connectivity index (χ1v) is 7.09. The molecule has 0 radical (unpaired) electrons. The van der Waals surface area contributed by atoms with E-state index in [0.717, 1.165) is 25.9 Å². The van der Waals surface area contributed by atoms with Crippen molar-refractivity contribution in [3.05, 3.63) is 0 Å². The van der Waals surface area contributed by atoms with E-state index in [2.05, 4.69) is 11.0 Å². The topological polar surface area (TPSA) is 47.3 Å². The van der Waals surface area contributed by atoms with Gasteiger partial charge in [-0.15, -0.1) is 0 Å². The maximum Gasteiger partial charge on any atom is 0.0672 e. The van der Waals surface area contributed by atoms with Gasteiger partial charge in [-0.25, -0.2) is 0 Å². The minimum absolute atomic E-state index is 0.218. The van der Waals surface area contributed by atoms with Crippen molar-refractivity contribution in [2.45, 2.75) is 51.0 Å². The highest BCUT2D eigenvalue weighted by Gasteiger charge is 2.31. The molecule has 0 aromatic heterocycles. The van der Waals surface area contributed by atoms with Gasteiger partial charge in [0.15, 0.2) is 0 Å². The molecule has 0 spiro atoms. The lowest BCUT2D eigenvalue weighted by molar-refractivity contribution is 0.0697. The fourth-order valence-electron chi connectivity index (χ4n) is 3.42. The number of rotatable bonds is 2. The number of nitrogens with zero attached hydrogens (tertiary/aromatic N) is 2. The van der Waals surface area contributed by atoms with Gasteiger partial charge < -0.3 is 5.11 Å². The lowest BCUT2D eigenvalue weighted by Gasteiger charge is -2.39. The summed E-state index contributed by atoms with van der Waals surface area (Å²) in [6, 6.07) is 2.98. The van der Waals surface area contributed by atoms with Crippen LogP contribution in [0.4, 0.5) is 0 Å². The van der Waals surface area contributed by atoms with E-state index in [1.807, 2.05) is 0 Å². The minimum Gasteiger partial charge on any atom is -0.396 e. The highest BCUT2D eigenvalue weighted by molar-refractivity contribution is 4.95. The van der Waals surface area contributed by atoms with E-state index in [1.54, 1.807) is 0 Å². The highest BCUT2D eigenvalue weighted by atomic mass is 16.3. The molecule has 1 N–H and O–H groups in total. The second kappa shape index (κ2) is 6.37. The number of hydrogen-bond donors (Lipinski definition) is 1. The Labute approximate surface area is 104 Å². The van der Waals surface area contributed by atoms with Gasteiger partial charge >= 0.3 is 0 Å². The molecule has 3 heteroatoms. The molecule has 1 heterocycles.